The number of ether oxygens (including phenoxy) is 4. The molecule has 3 aliphatic heterocycles. The van der Waals surface area contributed by atoms with Crippen LogP contribution in [0.25, 0.3) is 0 Å². The van der Waals surface area contributed by atoms with E-state index in [1.807, 2.05) is 22.4 Å². The quantitative estimate of drug-likeness (QED) is 0.559. The zero-order valence-corrected chi connectivity index (χ0v) is 20.6. The summed E-state index contributed by atoms with van der Waals surface area (Å²) in [5.41, 5.74) is 2.38. The van der Waals surface area contributed by atoms with Gasteiger partial charge in [0.2, 0.25) is 5.91 Å². The molecule has 3 aliphatic rings. The molecular weight excluding hydrogens is 458 g/mol. The molecule has 1 fully saturated rings. The highest BCUT2D eigenvalue weighted by molar-refractivity contribution is 8.16. The summed E-state index contributed by atoms with van der Waals surface area (Å²) in [6.07, 6.45) is 2.16. The van der Waals surface area contributed by atoms with E-state index in [1.165, 1.54) is 18.9 Å². The van der Waals surface area contributed by atoms with Gasteiger partial charge in [-0.05, 0) is 31.2 Å². The summed E-state index contributed by atoms with van der Waals surface area (Å²) < 4.78 is 21.9. The molecule has 9 nitrogen and oxygen atoms in total. The van der Waals surface area contributed by atoms with Gasteiger partial charge in [-0.15, -0.1) is 0 Å². The van der Waals surface area contributed by atoms with E-state index in [0.29, 0.717) is 40.0 Å². The standard InChI is InChI=1S/C24H29N3O6S/c1-14-20(23(29)32-4)21(17-8-5-9-18(30-2)22(17)31-3)27-15(13-34-24(27)26-14)11-19(28)25-12-16-7-6-10-33-16/h5,8-9,13,16,21H,6-7,10-12H2,1-4H3,(H,25,28)/t16-,21+/m0/s1. The minimum absolute atomic E-state index is 0.0632. The van der Waals surface area contributed by atoms with Gasteiger partial charge in [-0.1, -0.05) is 23.9 Å². The molecule has 0 radical (unpaired) electrons. The van der Waals surface area contributed by atoms with Gasteiger partial charge in [-0.3, -0.25) is 4.79 Å². The molecule has 0 aromatic heterocycles. The molecule has 34 heavy (non-hydrogen) atoms. The van der Waals surface area contributed by atoms with E-state index in [0.717, 1.165) is 25.1 Å². The number of esters is 1. The number of carbonyl (C=O) groups is 2. The van der Waals surface area contributed by atoms with Crippen LogP contribution in [0.1, 0.15) is 37.8 Å². The van der Waals surface area contributed by atoms with Gasteiger partial charge >= 0.3 is 5.97 Å². The zero-order chi connectivity index (χ0) is 24.2. The van der Waals surface area contributed by atoms with Crippen LogP contribution in [0.4, 0.5) is 0 Å². The van der Waals surface area contributed by atoms with Crippen LogP contribution in [0.15, 0.2) is 45.6 Å². The smallest absolute Gasteiger partial charge is 0.338 e. The van der Waals surface area contributed by atoms with Crippen molar-refractivity contribution in [1.29, 1.82) is 0 Å². The summed E-state index contributed by atoms with van der Waals surface area (Å²) in [6.45, 7) is 3.00. The minimum Gasteiger partial charge on any atom is -0.493 e. The first-order valence-electron chi connectivity index (χ1n) is 11.1. The van der Waals surface area contributed by atoms with Gasteiger partial charge < -0.3 is 29.2 Å². The zero-order valence-electron chi connectivity index (χ0n) is 19.8. The molecule has 182 valence electrons. The molecule has 1 aromatic rings. The number of para-hydroxylation sites is 1. The second kappa shape index (κ2) is 10.5. The van der Waals surface area contributed by atoms with E-state index in [1.54, 1.807) is 27.2 Å². The lowest BCUT2D eigenvalue weighted by Gasteiger charge is -2.36. The fraction of sp³-hybridized carbons (Fsp3) is 0.458. The molecular formula is C24H29N3O6S. The average molecular weight is 488 g/mol. The van der Waals surface area contributed by atoms with Gasteiger partial charge in [0.1, 0.15) is 0 Å². The molecule has 0 saturated carbocycles. The van der Waals surface area contributed by atoms with E-state index >= 15 is 0 Å². The van der Waals surface area contributed by atoms with Crippen molar-refractivity contribution in [2.75, 3.05) is 34.5 Å². The highest BCUT2D eigenvalue weighted by Gasteiger charge is 2.42. The third kappa shape index (κ3) is 4.65. The van der Waals surface area contributed by atoms with Crippen molar-refractivity contribution in [3.05, 3.63) is 46.1 Å². The van der Waals surface area contributed by atoms with Crippen LogP contribution in [0.2, 0.25) is 0 Å². The van der Waals surface area contributed by atoms with Crippen LogP contribution in [0.3, 0.4) is 0 Å². The third-order valence-corrected chi connectivity index (χ3v) is 6.92. The lowest BCUT2D eigenvalue weighted by Crippen LogP contribution is -2.38. The summed E-state index contributed by atoms with van der Waals surface area (Å²) in [4.78, 5) is 32.3. The molecule has 1 amide bonds. The number of hydrogen-bond donors (Lipinski definition) is 1. The van der Waals surface area contributed by atoms with Gasteiger partial charge in [0, 0.05) is 24.4 Å². The van der Waals surface area contributed by atoms with Gasteiger partial charge in [0.15, 0.2) is 16.7 Å². The van der Waals surface area contributed by atoms with Crippen molar-refractivity contribution in [2.45, 2.75) is 38.3 Å². The van der Waals surface area contributed by atoms with Crippen LogP contribution in [-0.2, 0) is 19.1 Å². The Labute approximate surface area is 203 Å². The van der Waals surface area contributed by atoms with Crippen molar-refractivity contribution < 1.29 is 28.5 Å². The normalized spacial score (nSPS) is 21.6. The second-order valence-electron chi connectivity index (χ2n) is 8.08. The maximum absolute atomic E-state index is 12.9. The van der Waals surface area contributed by atoms with Crippen molar-refractivity contribution in [3.63, 3.8) is 0 Å². The maximum atomic E-state index is 12.9. The van der Waals surface area contributed by atoms with E-state index in [-0.39, 0.29) is 18.4 Å². The van der Waals surface area contributed by atoms with Crippen LogP contribution < -0.4 is 14.8 Å². The summed E-state index contributed by atoms with van der Waals surface area (Å²) in [7, 11) is 4.46. The van der Waals surface area contributed by atoms with E-state index in [9.17, 15) is 9.59 Å². The van der Waals surface area contributed by atoms with Crippen molar-refractivity contribution in [1.82, 2.24) is 10.2 Å². The molecule has 0 unspecified atom stereocenters. The molecule has 10 heteroatoms. The number of aliphatic imine (C=N–C) groups is 1. The maximum Gasteiger partial charge on any atom is 0.338 e. The van der Waals surface area contributed by atoms with Crippen LogP contribution in [0, 0.1) is 0 Å². The predicted molar refractivity (Wildman–Crippen MR) is 129 cm³/mol. The fourth-order valence-electron chi connectivity index (χ4n) is 4.42. The van der Waals surface area contributed by atoms with Crippen LogP contribution in [-0.4, -0.2) is 62.5 Å². The number of amides is 1. The lowest BCUT2D eigenvalue weighted by atomic mass is 9.92. The number of amidine groups is 1. The first-order valence-corrected chi connectivity index (χ1v) is 12.0. The molecule has 0 spiro atoms. The summed E-state index contributed by atoms with van der Waals surface area (Å²) >= 11 is 1.42. The van der Waals surface area contributed by atoms with Crippen LogP contribution in [0.5, 0.6) is 11.5 Å². The van der Waals surface area contributed by atoms with E-state index in [2.05, 4.69) is 10.3 Å². The lowest BCUT2D eigenvalue weighted by molar-refractivity contribution is -0.136. The first kappa shape index (κ1) is 24.2. The van der Waals surface area contributed by atoms with Crippen molar-refractivity contribution in [2.24, 2.45) is 4.99 Å². The SMILES string of the molecule is COC(=O)C1=C(C)N=C2SC=C(CC(=O)NC[C@@H]3CCCO3)N2[C@@H]1c1cccc(OC)c1OC. The molecule has 4 rings (SSSR count). The van der Waals surface area contributed by atoms with Gasteiger partial charge in [-0.25, -0.2) is 9.79 Å². The largest absolute Gasteiger partial charge is 0.493 e. The fourth-order valence-corrected chi connectivity index (χ4v) is 5.39. The number of rotatable bonds is 8. The first-order chi connectivity index (χ1) is 16.5. The number of nitrogens with one attached hydrogen (secondary N) is 1. The highest BCUT2D eigenvalue weighted by Crippen LogP contribution is 2.48. The second-order valence-corrected chi connectivity index (χ2v) is 8.92. The number of methoxy groups -OCH3 is 3. The Morgan fingerprint density at radius 2 is 2.09 bits per heavy atom. The van der Waals surface area contributed by atoms with Gasteiger partial charge in [-0.2, -0.15) is 0 Å². The Morgan fingerprint density at radius 1 is 1.26 bits per heavy atom. The molecule has 3 heterocycles. The Hall–Kier alpha value is -2.98. The number of nitrogens with zero attached hydrogens (tertiary/aromatic N) is 2. The Morgan fingerprint density at radius 3 is 2.76 bits per heavy atom. The highest BCUT2D eigenvalue weighted by atomic mass is 32.2. The Kier molecular flexibility index (Phi) is 7.47. The van der Waals surface area contributed by atoms with Crippen LogP contribution >= 0.6 is 11.8 Å². The monoisotopic (exact) mass is 487 g/mol. The number of allylic oxidation sites excluding steroid dienone is 1. The Bertz CT molecular complexity index is 1060. The Balaban J connectivity index is 1.68. The molecule has 0 bridgehead atoms. The molecule has 2 atom stereocenters. The molecule has 0 aliphatic carbocycles. The molecule has 1 saturated heterocycles. The number of benzene rings is 1. The number of carbonyl (C=O) groups excluding carboxylic acids is 2. The minimum atomic E-state index is -0.600. The van der Waals surface area contributed by atoms with Gasteiger partial charge in [0.05, 0.1) is 51.2 Å². The predicted octanol–water partition coefficient (Wildman–Crippen LogP) is 3.14. The van der Waals surface area contributed by atoms with E-state index in [4.69, 9.17) is 18.9 Å². The average Bonchev–Trinajstić information content (AvgIpc) is 3.51. The van der Waals surface area contributed by atoms with Gasteiger partial charge in [0.25, 0.3) is 0 Å². The number of thioether (sulfide) groups is 1. The molecule has 1 aromatic carbocycles. The summed E-state index contributed by atoms with van der Waals surface area (Å²) in [6, 6.07) is 4.91. The third-order valence-electron chi connectivity index (χ3n) is 6.03. The summed E-state index contributed by atoms with van der Waals surface area (Å²) in [5.74, 6) is 0.433. The number of fused-ring (bicyclic) bond motifs is 1. The summed E-state index contributed by atoms with van der Waals surface area (Å²) in [5, 5.41) is 5.55. The van der Waals surface area contributed by atoms with Crippen molar-refractivity contribution in [3.8, 4) is 11.5 Å². The van der Waals surface area contributed by atoms with E-state index < -0.39 is 12.0 Å². The number of hydrogen-bond acceptors (Lipinski definition) is 9. The topological polar surface area (TPSA) is 98.7 Å². The molecule has 1 N–H and O–H groups in total. The van der Waals surface area contributed by atoms with Crippen molar-refractivity contribution >= 4 is 28.8 Å².